The summed E-state index contributed by atoms with van der Waals surface area (Å²) in [6, 6.07) is 12.9. The van der Waals surface area contributed by atoms with E-state index >= 15 is 0 Å². The van der Waals surface area contributed by atoms with Crippen LogP contribution in [0.15, 0.2) is 42.6 Å². The molecule has 0 fully saturated rings. The van der Waals surface area contributed by atoms with Gasteiger partial charge in [0.2, 0.25) is 0 Å². The minimum atomic E-state index is 1.05. The van der Waals surface area contributed by atoms with Gasteiger partial charge in [-0.05, 0) is 48.4 Å². The molecule has 2 rings (SSSR count). The highest BCUT2D eigenvalue weighted by Crippen LogP contribution is 2.17. The Bertz CT molecular complexity index is 502. The topological polar surface area (TPSA) is 12.9 Å². The average molecular weight is 253 g/mol. The number of rotatable bonds is 6. The third kappa shape index (κ3) is 3.66. The van der Waals surface area contributed by atoms with E-state index in [0.29, 0.717) is 0 Å². The Labute approximate surface area is 116 Å². The summed E-state index contributed by atoms with van der Waals surface area (Å²) in [5.74, 6) is 0. The van der Waals surface area contributed by atoms with Crippen LogP contribution in [0.1, 0.15) is 42.7 Å². The van der Waals surface area contributed by atoms with Gasteiger partial charge in [0, 0.05) is 11.9 Å². The molecular formula is C18H23N. The van der Waals surface area contributed by atoms with E-state index in [1.165, 1.54) is 28.8 Å². The molecule has 0 atom stereocenters. The molecule has 0 bridgehead atoms. The maximum absolute atomic E-state index is 4.62. The third-order valence-corrected chi connectivity index (χ3v) is 3.62. The van der Waals surface area contributed by atoms with Gasteiger partial charge in [0.25, 0.3) is 0 Å². The van der Waals surface area contributed by atoms with Crippen LogP contribution in [0, 0.1) is 0 Å². The number of aryl methyl sites for hydroxylation is 3. The maximum Gasteiger partial charge on any atom is 0.0441 e. The molecule has 0 N–H and O–H groups in total. The monoisotopic (exact) mass is 253 g/mol. The lowest BCUT2D eigenvalue weighted by molar-refractivity contribution is 0.825. The van der Waals surface area contributed by atoms with Crippen molar-refractivity contribution in [3.8, 4) is 0 Å². The molecule has 0 amide bonds. The zero-order valence-corrected chi connectivity index (χ0v) is 12.0. The Morgan fingerprint density at radius 3 is 2.37 bits per heavy atom. The summed E-state index contributed by atoms with van der Waals surface area (Å²) in [6.45, 7) is 4.48. The molecule has 2 aromatic rings. The Balaban J connectivity index is 2.15. The van der Waals surface area contributed by atoms with Gasteiger partial charge in [-0.15, -0.1) is 0 Å². The molecule has 19 heavy (non-hydrogen) atoms. The molecule has 0 radical (unpaired) electrons. The van der Waals surface area contributed by atoms with Gasteiger partial charge in [0.05, 0.1) is 0 Å². The maximum atomic E-state index is 4.62. The SMILES string of the molecule is CCCc1c(CC)ccnc1CCc1ccccc1. The second-order valence-electron chi connectivity index (χ2n) is 4.98. The van der Waals surface area contributed by atoms with Gasteiger partial charge in [-0.3, -0.25) is 4.98 Å². The summed E-state index contributed by atoms with van der Waals surface area (Å²) in [5, 5.41) is 0. The molecule has 1 heterocycles. The third-order valence-electron chi connectivity index (χ3n) is 3.62. The van der Waals surface area contributed by atoms with E-state index in [0.717, 1.165) is 25.7 Å². The lowest BCUT2D eigenvalue weighted by atomic mass is 9.96. The normalized spacial score (nSPS) is 10.6. The largest absolute Gasteiger partial charge is 0.261 e. The van der Waals surface area contributed by atoms with Crippen molar-refractivity contribution in [1.29, 1.82) is 0 Å². The van der Waals surface area contributed by atoms with Gasteiger partial charge in [-0.1, -0.05) is 50.6 Å². The first-order valence-electron chi connectivity index (χ1n) is 7.34. The number of aromatic nitrogens is 1. The van der Waals surface area contributed by atoms with Gasteiger partial charge in [-0.2, -0.15) is 0 Å². The molecule has 1 aromatic carbocycles. The molecule has 100 valence electrons. The fourth-order valence-electron chi connectivity index (χ4n) is 2.59. The van der Waals surface area contributed by atoms with Crippen LogP contribution in [-0.2, 0) is 25.7 Å². The van der Waals surface area contributed by atoms with Crippen LogP contribution < -0.4 is 0 Å². The summed E-state index contributed by atoms with van der Waals surface area (Å²) < 4.78 is 0. The Morgan fingerprint density at radius 1 is 0.895 bits per heavy atom. The van der Waals surface area contributed by atoms with Crippen LogP contribution in [0.25, 0.3) is 0 Å². The summed E-state index contributed by atoms with van der Waals surface area (Å²) in [7, 11) is 0. The number of hydrogen-bond donors (Lipinski definition) is 0. The second kappa shape index (κ2) is 7.08. The van der Waals surface area contributed by atoms with Gasteiger partial charge in [0.15, 0.2) is 0 Å². The lowest BCUT2D eigenvalue weighted by Gasteiger charge is -2.12. The number of nitrogens with zero attached hydrogens (tertiary/aromatic N) is 1. The van der Waals surface area contributed by atoms with Gasteiger partial charge in [0.1, 0.15) is 0 Å². The Kier molecular flexibility index (Phi) is 5.14. The Hall–Kier alpha value is -1.63. The molecule has 1 nitrogen and oxygen atoms in total. The highest BCUT2D eigenvalue weighted by molar-refractivity contribution is 5.31. The zero-order valence-electron chi connectivity index (χ0n) is 12.0. The van der Waals surface area contributed by atoms with Crippen molar-refractivity contribution >= 4 is 0 Å². The molecule has 0 aliphatic rings. The molecular weight excluding hydrogens is 230 g/mol. The van der Waals surface area contributed by atoms with E-state index in [-0.39, 0.29) is 0 Å². The minimum Gasteiger partial charge on any atom is -0.261 e. The van der Waals surface area contributed by atoms with Gasteiger partial charge < -0.3 is 0 Å². The van der Waals surface area contributed by atoms with Crippen LogP contribution >= 0.6 is 0 Å². The molecule has 0 aliphatic carbocycles. The van der Waals surface area contributed by atoms with E-state index in [2.05, 4.69) is 55.2 Å². The number of hydrogen-bond acceptors (Lipinski definition) is 1. The first-order valence-corrected chi connectivity index (χ1v) is 7.34. The smallest absolute Gasteiger partial charge is 0.0441 e. The highest BCUT2D eigenvalue weighted by atomic mass is 14.7. The van der Waals surface area contributed by atoms with Crippen LogP contribution in [0.3, 0.4) is 0 Å². The van der Waals surface area contributed by atoms with Gasteiger partial charge in [-0.25, -0.2) is 0 Å². The first-order chi connectivity index (χ1) is 9.35. The molecule has 0 spiro atoms. The van der Waals surface area contributed by atoms with Crippen molar-refractivity contribution < 1.29 is 0 Å². The average Bonchev–Trinajstić information content (AvgIpc) is 2.47. The predicted octanol–water partition coefficient (Wildman–Crippen LogP) is 4.38. The van der Waals surface area contributed by atoms with Crippen LogP contribution in [0.4, 0.5) is 0 Å². The fraction of sp³-hybridized carbons (Fsp3) is 0.389. The molecule has 1 aromatic heterocycles. The van der Waals surface area contributed by atoms with Crippen molar-refractivity contribution in [2.45, 2.75) is 46.0 Å². The van der Waals surface area contributed by atoms with Crippen LogP contribution in [-0.4, -0.2) is 4.98 Å². The molecule has 0 saturated heterocycles. The second-order valence-corrected chi connectivity index (χ2v) is 4.98. The van der Waals surface area contributed by atoms with Crippen molar-refractivity contribution in [3.63, 3.8) is 0 Å². The van der Waals surface area contributed by atoms with E-state index in [1.807, 2.05) is 6.20 Å². The molecule has 0 unspecified atom stereocenters. The van der Waals surface area contributed by atoms with Crippen LogP contribution in [0.2, 0.25) is 0 Å². The lowest BCUT2D eigenvalue weighted by Crippen LogP contribution is -2.04. The predicted molar refractivity (Wildman–Crippen MR) is 81.5 cm³/mol. The zero-order chi connectivity index (χ0) is 13.5. The standard InChI is InChI=1S/C18H23N/c1-3-8-17-16(4-2)13-14-19-18(17)12-11-15-9-6-5-7-10-15/h5-7,9-10,13-14H,3-4,8,11-12H2,1-2H3. The summed E-state index contributed by atoms with van der Waals surface area (Å²) in [6.07, 6.45) is 7.55. The van der Waals surface area contributed by atoms with E-state index in [4.69, 9.17) is 0 Å². The Morgan fingerprint density at radius 2 is 1.68 bits per heavy atom. The minimum absolute atomic E-state index is 1.05. The van der Waals surface area contributed by atoms with E-state index in [9.17, 15) is 0 Å². The van der Waals surface area contributed by atoms with Crippen molar-refractivity contribution in [1.82, 2.24) is 4.98 Å². The molecule has 1 heteroatoms. The molecule has 0 saturated carbocycles. The van der Waals surface area contributed by atoms with Crippen molar-refractivity contribution in [2.75, 3.05) is 0 Å². The van der Waals surface area contributed by atoms with E-state index < -0.39 is 0 Å². The summed E-state index contributed by atoms with van der Waals surface area (Å²) in [5.41, 5.74) is 5.65. The highest BCUT2D eigenvalue weighted by Gasteiger charge is 2.08. The summed E-state index contributed by atoms with van der Waals surface area (Å²) >= 11 is 0. The van der Waals surface area contributed by atoms with Crippen LogP contribution in [0.5, 0.6) is 0 Å². The van der Waals surface area contributed by atoms with Crippen molar-refractivity contribution in [3.05, 3.63) is 65.0 Å². The molecule has 0 aliphatic heterocycles. The first kappa shape index (κ1) is 13.8. The number of pyridine rings is 1. The summed E-state index contributed by atoms with van der Waals surface area (Å²) in [4.78, 5) is 4.62. The van der Waals surface area contributed by atoms with Crippen molar-refractivity contribution in [2.24, 2.45) is 0 Å². The quantitative estimate of drug-likeness (QED) is 0.744. The van der Waals surface area contributed by atoms with E-state index in [1.54, 1.807) is 0 Å². The van der Waals surface area contributed by atoms with Gasteiger partial charge >= 0.3 is 0 Å². The fourth-order valence-corrected chi connectivity index (χ4v) is 2.59. The number of benzene rings is 1.